The summed E-state index contributed by atoms with van der Waals surface area (Å²) in [5.74, 6) is 1.05. The van der Waals surface area contributed by atoms with Gasteiger partial charge in [-0.3, -0.25) is 0 Å². The summed E-state index contributed by atoms with van der Waals surface area (Å²) in [6.07, 6.45) is 5.35. The van der Waals surface area contributed by atoms with E-state index in [4.69, 9.17) is 11.6 Å². The molecule has 0 saturated heterocycles. The van der Waals surface area contributed by atoms with E-state index in [-0.39, 0.29) is 48.3 Å². The number of anilines is 8. The van der Waals surface area contributed by atoms with E-state index in [9.17, 15) is 33.6 Å². The minimum absolute atomic E-state index is 0.131. The molecular formula is C88H115ClN14O7. The van der Waals surface area contributed by atoms with Gasteiger partial charge in [-0.2, -0.15) is 0 Å². The lowest BCUT2D eigenvalue weighted by molar-refractivity contribution is 0.249. The smallest absolute Gasteiger partial charge is 0.323 e. The Balaban J connectivity index is 0.000000334. The predicted octanol–water partition coefficient (Wildman–Crippen LogP) is 20.7. The van der Waals surface area contributed by atoms with Gasteiger partial charge in [-0.05, 0) is 242 Å². The summed E-state index contributed by atoms with van der Waals surface area (Å²) in [5, 5.41) is 38.6. The molecule has 9 rings (SSSR count). The number of amides is 14. The Morgan fingerprint density at radius 1 is 0.345 bits per heavy atom. The molecule has 0 aliphatic rings. The number of unbranched alkanes of at least 4 members (excludes halogenated alkanes) is 1. The highest BCUT2D eigenvalue weighted by Gasteiger charge is 2.08. The number of nitrogens with one attached hydrogen (secondary N) is 14. The second-order valence-electron chi connectivity index (χ2n) is 26.1. The van der Waals surface area contributed by atoms with Gasteiger partial charge in [-0.1, -0.05) is 161 Å². The van der Waals surface area contributed by atoms with Crippen LogP contribution in [0.2, 0.25) is 0 Å². The Labute approximate surface area is 657 Å². The van der Waals surface area contributed by atoms with E-state index in [1.165, 1.54) is 11.1 Å². The van der Waals surface area contributed by atoms with Crippen molar-refractivity contribution in [2.75, 3.05) is 81.1 Å². The van der Waals surface area contributed by atoms with Crippen molar-refractivity contribution in [3.8, 4) is 0 Å². The molecule has 0 spiro atoms. The highest BCUT2D eigenvalue weighted by molar-refractivity contribution is 6.17. The predicted molar refractivity (Wildman–Crippen MR) is 460 cm³/mol. The number of carbonyl (C=O) groups excluding carboxylic acids is 7. The molecule has 110 heavy (non-hydrogen) atoms. The van der Waals surface area contributed by atoms with Crippen LogP contribution in [0.15, 0.2) is 237 Å². The van der Waals surface area contributed by atoms with E-state index in [0.717, 1.165) is 117 Å². The van der Waals surface area contributed by atoms with Gasteiger partial charge in [0, 0.05) is 90.1 Å². The van der Waals surface area contributed by atoms with Crippen LogP contribution in [0, 0.1) is 48.5 Å². The van der Waals surface area contributed by atoms with Gasteiger partial charge in [0.05, 0.1) is 0 Å². The minimum atomic E-state index is -0.229. The van der Waals surface area contributed by atoms with Gasteiger partial charge < -0.3 is 74.4 Å². The second kappa shape index (κ2) is 54.5. The highest BCUT2D eigenvalue weighted by atomic mass is 35.5. The number of urea groups is 7. The number of halogens is 1. The van der Waals surface area contributed by atoms with Gasteiger partial charge in [0.2, 0.25) is 0 Å². The molecule has 0 aromatic heterocycles. The minimum Gasteiger partial charge on any atom is -0.338 e. The average molecular weight is 1520 g/mol. The van der Waals surface area contributed by atoms with Crippen LogP contribution in [-0.2, 0) is 6.42 Å². The molecule has 0 fully saturated rings. The fraction of sp³-hybridized carbons (Fsp3) is 0.284. The molecule has 14 N–H and O–H groups in total. The molecule has 9 aromatic carbocycles. The Kier molecular flexibility index (Phi) is 45.6. The summed E-state index contributed by atoms with van der Waals surface area (Å²) in [6.45, 7) is 32.6. The van der Waals surface area contributed by atoms with Gasteiger partial charge in [0.1, 0.15) is 0 Å². The maximum atomic E-state index is 11.9. The molecule has 0 aliphatic heterocycles. The number of hydrogen-bond acceptors (Lipinski definition) is 7. The summed E-state index contributed by atoms with van der Waals surface area (Å²) in [5.41, 5.74) is 16.9. The SMILES string of the molecule is C=CCNC(=O)Nc1cccc(C)c1.CCCCNC(=O)Nc1cccc(C)c1.CCNC(=O)Nc1cccc(C)c1.Cc1cccc(NC(=O)NC(C)C)c1.Cc1cccc(NC(=O)NCCCCl)c1.Cc1cccc(NC(=O)NCCc2ccccc2)c1.Cc1cccc(NC(=O)Nc2ccc(C(C)C)cc2)c1. The van der Waals surface area contributed by atoms with Crippen LogP contribution < -0.4 is 74.4 Å². The van der Waals surface area contributed by atoms with Crippen molar-refractivity contribution >= 4 is 99.3 Å². The lowest BCUT2D eigenvalue weighted by Gasteiger charge is -2.10. The first-order valence-electron chi connectivity index (χ1n) is 36.9. The van der Waals surface area contributed by atoms with Crippen LogP contribution in [0.1, 0.15) is 117 Å². The van der Waals surface area contributed by atoms with Crippen LogP contribution in [0.5, 0.6) is 0 Å². The second-order valence-corrected chi connectivity index (χ2v) is 26.5. The van der Waals surface area contributed by atoms with Gasteiger partial charge in [-0.25, -0.2) is 33.6 Å². The molecule has 22 heteroatoms. The van der Waals surface area contributed by atoms with E-state index < -0.39 is 0 Å². The number of carbonyl (C=O) groups is 7. The van der Waals surface area contributed by atoms with Gasteiger partial charge in [0.15, 0.2) is 0 Å². The first-order chi connectivity index (χ1) is 52.7. The molecule has 0 atom stereocenters. The van der Waals surface area contributed by atoms with Crippen molar-refractivity contribution in [2.24, 2.45) is 0 Å². The number of rotatable bonds is 22. The number of alkyl halides is 1. The summed E-state index contributed by atoms with van der Waals surface area (Å²) >= 11 is 5.49. The molecule has 0 aliphatic carbocycles. The zero-order valence-electron chi connectivity index (χ0n) is 66.1. The van der Waals surface area contributed by atoms with Crippen molar-refractivity contribution in [3.05, 3.63) is 287 Å². The Morgan fingerprint density at radius 2 is 0.655 bits per heavy atom. The summed E-state index contributed by atoms with van der Waals surface area (Å²) < 4.78 is 0. The average Bonchev–Trinajstić information content (AvgIpc) is 0.830. The molecule has 0 heterocycles. The summed E-state index contributed by atoms with van der Waals surface area (Å²) in [7, 11) is 0. The Bertz CT molecular complexity index is 4150. The third-order valence-corrected chi connectivity index (χ3v) is 15.2. The van der Waals surface area contributed by atoms with E-state index >= 15 is 0 Å². The molecule has 586 valence electrons. The largest absolute Gasteiger partial charge is 0.338 e. The third kappa shape index (κ3) is 44.8. The maximum absolute atomic E-state index is 11.9. The summed E-state index contributed by atoms with van der Waals surface area (Å²) in [4.78, 5) is 79.9. The van der Waals surface area contributed by atoms with Crippen molar-refractivity contribution in [1.29, 1.82) is 0 Å². The number of benzene rings is 9. The maximum Gasteiger partial charge on any atom is 0.323 e. The van der Waals surface area contributed by atoms with Gasteiger partial charge >= 0.3 is 42.2 Å². The molecule has 0 unspecified atom stereocenters. The molecule has 0 bridgehead atoms. The topological polar surface area (TPSA) is 288 Å². The van der Waals surface area contributed by atoms with E-state index in [2.05, 4.69) is 114 Å². The van der Waals surface area contributed by atoms with Crippen LogP contribution >= 0.6 is 11.6 Å². The molecular weight excluding hydrogens is 1400 g/mol. The quantitative estimate of drug-likeness (QED) is 0.0177. The molecule has 14 amide bonds. The van der Waals surface area contributed by atoms with Crippen LogP contribution in [-0.4, -0.2) is 86.9 Å². The van der Waals surface area contributed by atoms with E-state index in [1.807, 2.05) is 282 Å². The fourth-order valence-electron chi connectivity index (χ4n) is 9.55. The molecule has 0 radical (unpaired) electrons. The fourth-order valence-corrected chi connectivity index (χ4v) is 9.68. The Morgan fingerprint density at radius 3 is 0.964 bits per heavy atom. The molecule has 21 nitrogen and oxygen atoms in total. The molecule has 0 saturated carbocycles. The first-order valence-corrected chi connectivity index (χ1v) is 37.5. The van der Waals surface area contributed by atoms with Crippen LogP contribution in [0.4, 0.5) is 79.1 Å². The lowest BCUT2D eigenvalue weighted by atomic mass is 10.0. The lowest BCUT2D eigenvalue weighted by Crippen LogP contribution is -2.34. The zero-order chi connectivity index (χ0) is 80.9. The van der Waals surface area contributed by atoms with Crippen molar-refractivity contribution in [1.82, 2.24) is 31.9 Å². The van der Waals surface area contributed by atoms with E-state index in [1.54, 1.807) is 6.08 Å². The highest BCUT2D eigenvalue weighted by Crippen LogP contribution is 2.19. The van der Waals surface area contributed by atoms with Crippen LogP contribution in [0.25, 0.3) is 0 Å². The van der Waals surface area contributed by atoms with Crippen molar-refractivity contribution in [2.45, 2.75) is 128 Å². The van der Waals surface area contributed by atoms with Crippen molar-refractivity contribution in [3.63, 3.8) is 0 Å². The standard InChI is InChI=1S/C17H20N2O.C16H18N2O.C12H18N2O.C11H15ClN2O.C11H16N2O.C11H14N2O.C10H14N2O/c1-12(2)14-7-9-15(10-8-14)18-17(20)19-16-6-4-5-13(3)11-16;1-13-6-5-9-15(12-13)18-16(19)17-11-10-14-7-3-2-4-8-14;1-3-4-8-13-12(15)14-11-7-5-6-10(2)9-11;1-9-4-2-5-10(8-9)14-11(15)13-7-3-6-12;1-8(2)12-11(14)13-10-6-4-5-9(3)7-10;1-3-7-12-11(14)13-10-6-4-5-9(2)8-10;1-3-11-10(13)12-9-6-4-5-8(2)7-9/h4-12H,1-3H3,(H2,18,19,20);2-9,12H,10-11H2,1H3,(H2,17,18,19);5-7,9H,3-4,8H2,1-2H3,(H2,13,14,15);2,4-5,8H,3,6-7H2,1H3,(H2,13,14,15);4-8H,1-3H3,(H2,12,13,14);3-6,8H,1,7H2,2H3,(H2,12,13,14);4-7H,3H2,1-2H3,(H2,11,12,13). The number of aryl methyl sites for hydroxylation is 7. The monoisotopic (exact) mass is 1510 g/mol. The van der Waals surface area contributed by atoms with Crippen molar-refractivity contribution < 1.29 is 33.6 Å². The Hall–Kier alpha value is -12.1. The normalized spacial score (nSPS) is 9.82. The zero-order valence-corrected chi connectivity index (χ0v) is 66.9. The summed E-state index contributed by atoms with van der Waals surface area (Å²) in [6, 6.07) is 70.8. The van der Waals surface area contributed by atoms with E-state index in [0.29, 0.717) is 38.0 Å². The number of hydrogen-bond donors (Lipinski definition) is 14. The van der Waals surface area contributed by atoms with Gasteiger partial charge in [0.25, 0.3) is 0 Å². The third-order valence-electron chi connectivity index (χ3n) is 14.9. The van der Waals surface area contributed by atoms with Crippen LogP contribution in [0.3, 0.4) is 0 Å². The first kappa shape index (κ1) is 92.1. The molecule has 9 aromatic rings. The van der Waals surface area contributed by atoms with Gasteiger partial charge in [-0.15, -0.1) is 18.2 Å².